The number of hydrogen-bond donors (Lipinski definition) is 1. The Morgan fingerprint density at radius 2 is 1.81 bits per heavy atom. The Bertz CT molecular complexity index is 1040. The molecule has 7 heteroatoms. The minimum Gasteiger partial charge on any atom is -0.485 e. The van der Waals surface area contributed by atoms with Crippen LogP contribution in [0.15, 0.2) is 73.2 Å². The molecule has 0 radical (unpaired) electrons. The third-order valence-corrected chi connectivity index (χ3v) is 5.50. The van der Waals surface area contributed by atoms with Gasteiger partial charge in [0.25, 0.3) is 0 Å². The van der Waals surface area contributed by atoms with E-state index in [4.69, 9.17) is 4.74 Å². The highest BCUT2D eigenvalue weighted by Gasteiger charge is 2.29. The number of anilines is 1. The summed E-state index contributed by atoms with van der Waals surface area (Å²) >= 11 is 0. The number of nitrogens with one attached hydrogen (secondary N) is 1. The van der Waals surface area contributed by atoms with Crippen molar-refractivity contribution in [2.75, 3.05) is 18.4 Å². The number of hydrogen-bond acceptors (Lipinski definition) is 5. The van der Waals surface area contributed by atoms with Crippen molar-refractivity contribution < 1.29 is 14.3 Å². The quantitative estimate of drug-likeness (QED) is 0.620. The predicted octanol–water partition coefficient (Wildman–Crippen LogP) is 3.48. The van der Waals surface area contributed by atoms with E-state index in [-0.39, 0.29) is 17.7 Å². The molecule has 1 unspecified atom stereocenters. The fourth-order valence-electron chi connectivity index (χ4n) is 3.76. The molecule has 1 fully saturated rings. The number of aromatic nitrogens is 2. The maximum atomic E-state index is 13.0. The van der Waals surface area contributed by atoms with Crippen LogP contribution >= 0.6 is 0 Å². The first-order chi connectivity index (χ1) is 15.7. The Morgan fingerprint density at radius 3 is 2.62 bits per heavy atom. The normalized spacial score (nSPS) is 15.8. The molecule has 2 amide bonds. The van der Waals surface area contributed by atoms with Crippen LogP contribution in [0.5, 0.6) is 5.75 Å². The molecule has 7 nitrogen and oxygen atoms in total. The van der Waals surface area contributed by atoms with E-state index in [0.29, 0.717) is 37.7 Å². The average Bonchev–Trinajstić information content (AvgIpc) is 2.85. The summed E-state index contributed by atoms with van der Waals surface area (Å²) in [7, 11) is 0. The Kier molecular flexibility index (Phi) is 7.07. The van der Waals surface area contributed by atoms with Gasteiger partial charge in [-0.3, -0.25) is 14.6 Å². The monoisotopic (exact) mass is 430 g/mol. The number of pyridine rings is 2. The smallest absolute Gasteiger partial charge is 0.230 e. The van der Waals surface area contributed by atoms with Gasteiger partial charge in [-0.05, 0) is 48.2 Å². The predicted molar refractivity (Wildman–Crippen MR) is 121 cm³/mol. The molecule has 1 saturated heterocycles. The first kappa shape index (κ1) is 21.5. The molecule has 2 aromatic heterocycles. The average molecular weight is 431 g/mol. The first-order valence-electron chi connectivity index (χ1n) is 10.8. The van der Waals surface area contributed by atoms with Gasteiger partial charge in [0.2, 0.25) is 11.8 Å². The molecule has 4 rings (SSSR count). The second-order valence-corrected chi connectivity index (χ2v) is 7.82. The van der Waals surface area contributed by atoms with Gasteiger partial charge in [0.05, 0.1) is 12.3 Å². The zero-order valence-electron chi connectivity index (χ0n) is 17.8. The largest absolute Gasteiger partial charge is 0.485 e. The zero-order valence-corrected chi connectivity index (χ0v) is 17.8. The van der Waals surface area contributed by atoms with Gasteiger partial charge < -0.3 is 15.0 Å². The van der Waals surface area contributed by atoms with Crippen LogP contribution < -0.4 is 10.1 Å². The van der Waals surface area contributed by atoms with Crippen molar-refractivity contribution in [1.82, 2.24) is 14.9 Å². The van der Waals surface area contributed by atoms with Gasteiger partial charge in [-0.1, -0.05) is 30.3 Å². The summed E-state index contributed by atoms with van der Waals surface area (Å²) in [6.45, 7) is 1.44. The van der Waals surface area contributed by atoms with E-state index in [1.165, 1.54) is 0 Å². The number of carbonyl (C=O) groups is 2. The maximum Gasteiger partial charge on any atom is 0.230 e. The Balaban J connectivity index is 1.36. The van der Waals surface area contributed by atoms with Gasteiger partial charge in [-0.15, -0.1) is 0 Å². The van der Waals surface area contributed by atoms with Gasteiger partial charge in [-0.2, -0.15) is 0 Å². The summed E-state index contributed by atoms with van der Waals surface area (Å²) < 4.78 is 5.87. The minimum atomic E-state index is -0.279. The summed E-state index contributed by atoms with van der Waals surface area (Å²) in [4.78, 5) is 35.8. The fourth-order valence-corrected chi connectivity index (χ4v) is 3.76. The highest BCUT2D eigenvalue weighted by atomic mass is 16.5. The van der Waals surface area contributed by atoms with E-state index in [1.54, 1.807) is 35.6 Å². The van der Waals surface area contributed by atoms with E-state index in [2.05, 4.69) is 15.3 Å². The SMILES string of the molecule is O=C(Nc1ncccc1OCc1ccncc1)C1CCCN(C(=O)Cc2ccccc2)C1. The van der Waals surface area contributed by atoms with Crippen LogP contribution in [0.4, 0.5) is 5.82 Å². The molecule has 1 aliphatic rings. The fraction of sp³-hybridized carbons (Fsp3) is 0.280. The molecule has 0 bridgehead atoms. The molecular weight excluding hydrogens is 404 g/mol. The molecule has 1 aromatic carbocycles. The third-order valence-electron chi connectivity index (χ3n) is 5.50. The molecule has 1 atom stereocenters. The zero-order chi connectivity index (χ0) is 22.2. The molecule has 164 valence electrons. The maximum absolute atomic E-state index is 13.0. The van der Waals surface area contributed by atoms with Crippen LogP contribution in [0.2, 0.25) is 0 Å². The Hall–Kier alpha value is -3.74. The van der Waals surface area contributed by atoms with Crippen molar-refractivity contribution in [2.45, 2.75) is 25.9 Å². The summed E-state index contributed by atoms with van der Waals surface area (Å²) in [5.41, 5.74) is 1.95. The van der Waals surface area contributed by atoms with Crippen LogP contribution in [0.1, 0.15) is 24.0 Å². The van der Waals surface area contributed by atoms with Crippen molar-refractivity contribution in [3.8, 4) is 5.75 Å². The number of rotatable bonds is 7. The van der Waals surface area contributed by atoms with Gasteiger partial charge >= 0.3 is 0 Å². The highest BCUT2D eigenvalue weighted by Crippen LogP contribution is 2.25. The standard InChI is InChI=1S/C25H26N4O3/c30-23(16-19-6-2-1-3-7-19)29-15-5-8-21(17-29)25(31)28-24-22(9-4-12-27-24)32-18-20-10-13-26-14-11-20/h1-4,6-7,9-14,21H,5,8,15-18H2,(H,27,28,31). The minimum absolute atomic E-state index is 0.0490. The van der Waals surface area contributed by atoms with Crippen LogP contribution in [0, 0.1) is 5.92 Å². The van der Waals surface area contributed by atoms with Crippen LogP contribution in [0.3, 0.4) is 0 Å². The number of piperidine rings is 1. The van der Waals surface area contributed by atoms with E-state index in [9.17, 15) is 9.59 Å². The lowest BCUT2D eigenvalue weighted by atomic mass is 9.96. The highest BCUT2D eigenvalue weighted by molar-refractivity contribution is 5.93. The van der Waals surface area contributed by atoms with Gasteiger partial charge in [0.1, 0.15) is 6.61 Å². The summed E-state index contributed by atoms with van der Waals surface area (Å²) in [5.74, 6) is 0.519. The van der Waals surface area contributed by atoms with Gasteiger partial charge in [0, 0.05) is 31.7 Å². The number of nitrogens with zero attached hydrogens (tertiary/aromatic N) is 3. The van der Waals surface area contributed by atoms with Crippen molar-refractivity contribution in [3.05, 3.63) is 84.3 Å². The molecule has 32 heavy (non-hydrogen) atoms. The molecular formula is C25H26N4O3. The number of carbonyl (C=O) groups excluding carboxylic acids is 2. The lowest BCUT2D eigenvalue weighted by molar-refractivity contribution is -0.133. The van der Waals surface area contributed by atoms with E-state index >= 15 is 0 Å². The second-order valence-electron chi connectivity index (χ2n) is 7.82. The lowest BCUT2D eigenvalue weighted by Crippen LogP contribution is -2.44. The van der Waals surface area contributed by atoms with E-state index in [0.717, 1.165) is 24.0 Å². The first-order valence-corrected chi connectivity index (χ1v) is 10.8. The molecule has 3 heterocycles. The van der Waals surface area contributed by atoms with Crippen LogP contribution in [-0.4, -0.2) is 39.8 Å². The summed E-state index contributed by atoms with van der Waals surface area (Å²) in [6.07, 6.45) is 6.91. The van der Waals surface area contributed by atoms with E-state index < -0.39 is 0 Å². The second kappa shape index (κ2) is 10.5. The molecule has 1 aliphatic heterocycles. The van der Waals surface area contributed by atoms with E-state index in [1.807, 2.05) is 42.5 Å². The molecule has 0 saturated carbocycles. The van der Waals surface area contributed by atoms with Gasteiger partial charge in [0.15, 0.2) is 11.6 Å². The van der Waals surface area contributed by atoms with Crippen molar-refractivity contribution >= 4 is 17.6 Å². The molecule has 0 aliphatic carbocycles. The molecule has 3 aromatic rings. The van der Waals surface area contributed by atoms with Crippen LogP contribution in [-0.2, 0) is 22.6 Å². The summed E-state index contributed by atoms with van der Waals surface area (Å²) in [5, 5.41) is 2.90. The number of ether oxygens (including phenoxy) is 1. The van der Waals surface area contributed by atoms with Crippen molar-refractivity contribution in [2.24, 2.45) is 5.92 Å². The van der Waals surface area contributed by atoms with Gasteiger partial charge in [-0.25, -0.2) is 4.98 Å². The Labute approximate surface area is 187 Å². The topological polar surface area (TPSA) is 84.4 Å². The van der Waals surface area contributed by atoms with Crippen molar-refractivity contribution in [3.63, 3.8) is 0 Å². The Morgan fingerprint density at radius 1 is 1.00 bits per heavy atom. The number of likely N-dealkylation sites (tertiary alicyclic amines) is 1. The molecule has 0 spiro atoms. The van der Waals surface area contributed by atoms with Crippen molar-refractivity contribution in [1.29, 1.82) is 0 Å². The van der Waals surface area contributed by atoms with Crippen LogP contribution in [0.25, 0.3) is 0 Å². The lowest BCUT2D eigenvalue weighted by Gasteiger charge is -2.32. The summed E-state index contributed by atoms with van der Waals surface area (Å²) in [6, 6.07) is 17.0. The number of amides is 2. The molecule has 1 N–H and O–H groups in total. The number of benzene rings is 1. The third kappa shape index (κ3) is 5.69.